The molecule has 5 heteroatoms. The Labute approximate surface area is 111 Å². The standard InChI is InChI=1S/C10H11BrINO2/c1-6(4-10(14)15)13-7-2-3-9(12)8(11)5-7/h2-3,5-6,13H,4H2,1H3,(H,14,15). The first-order valence-electron chi connectivity index (χ1n) is 4.42. The van der Waals surface area contributed by atoms with Crippen LogP contribution in [0, 0.1) is 3.57 Å². The van der Waals surface area contributed by atoms with Gasteiger partial charge >= 0.3 is 5.97 Å². The van der Waals surface area contributed by atoms with Crippen LogP contribution < -0.4 is 5.32 Å². The highest BCUT2D eigenvalue weighted by molar-refractivity contribution is 14.1. The largest absolute Gasteiger partial charge is 0.481 e. The fourth-order valence-corrected chi connectivity index (χ4v) is 1.90. The molecule has 15 heavy (non-hydrogen) atoms. The third-order valence-electron chi connectivity index (χ3n) is 1.81. The highest BCUT2D eigenvalue weighted by atomic mass is 127. The van der Waals surface area contributed by atoms with Gasteiger partial charge in [-0.3, -0.25) is 4.79 Å². The maximum absolute atomic E-state index is 10.5. The molecule has 0 bridgehead atoms. The zero-order valence-corrected chi connectivity index (χ0v) is 11.9. The molecule has 0 radical (unpaired) electrons. The monoisotopic (exact) mass is 383 g/mol. The third kappa shape index (κ3) is 4.38. The maximum Gasteiger partial charge on any atom is 0.305 e. The average Bonchev–Trinajstić information content (AvgIpc) is 2.10. The van der Waals surface area contributed by atoms with E-state index >= 15 is 0 Å². The second-order valence-electron chi connectivity index (χ2n) is 3.27. The molecule has 0 aromatic heterocycles. The summed E-state index contributed by atoms with van der Waals surface area (Å²) in [4.78, 5) is 10.5. The van der Waals surface area contributed by atoms with Crippen LogP contribution in [0.2, 0.25) is 0 Å². The Hall–Kier alpha value is -0.300. The lowest BCUT2D eigenvalue weighted by molar-refractivity contribution is -0.137. The Kier molecular flexibility index (Phi) is 4.85. The molecule has 1 unspecified atom stereocenters. The van der Waals surface area contributed by atoms with E-state index in [9.17, 15) is 4.79 Å². The Morgan fingerprint density at radius 2 is 2.33 bits per heavy atom. The van der Waals surface area contributed by atoms with Crippen molar-refractivity contribution in [3.8, 4) is 0 Å². The number of carboxylic acids is 1. The number of anilines is 1. The zero-order chi connectivity index (χ0) is 11.4. The summed E-state index contributed by atoms with van der Waals surface area (Å²) in [6.45, 7) is 1.85. The van der Waals surface area contributed by atoms with Crippen molar-refractivity contribution < 1.29 is 9.90 Å². The van der Waals surface area contributed by atoms with Gasteiger partial charge in [-0.1, -0.05) is 0 Å². The van der Waals surface area contributed by atoms with Crippen LogP contribution >= 0.6 is 38.5 Å². The minimum Gasteiger partial charge on any atom is -0.481 e. The Morgan fingerprint density at radius 3 is 2.87 bits per heavy atom. The summed E-state index contributed by atoms with van der Waals surface area (Å²) in [5, 5.41) is 11.7. The molecule has 1 aromatic rings. The second kappa shape index (κ2) is 5.69. The lowest BCUT2D eigenvalue weighted by Gasteiger charge is -2.13. The molecule has 0 heterocycles. The minimum absolute atomic E-state index is 0.0746. The number of aliphatic carboxylic acids is 1. The van der Waals surface area contributed by atoms with Crippen molar-refractivity contribution in [2.45, 2.75) is 19.4 Å². The third-order valence-corrected chi connectivity index (χ3v) is 4.15. The van der Waals surface area contributed by atoms with Crippen LogP contribution in [0.4, 0.5) is 5.69 Å². The summed E-state index contributed by atoms with van der Waals surface area (Å²) < 4.78 is 2.14. The van der Waals surface area contributed by atoms with Crippen molar-refractivity contribution in [1.29, 1.82) is 0 Å². The van der Waals surface area contributed by atoms with Crippen LogP contribution in [-0.4, -0.2) is 17.1 Å². The number of nitrogens with one attached hydrogen (secondary N) is 1. The van der Waals surface area contributed by atoms with Crippen molar-refractivity contribution in [2.75, 3.05) is 5.32 Å². The van der Waals surface area contributed by atoms with Crippen molar-refractivity contribution in [2.24, 2.45) is 0 Å². The van der Waals surface area contributed by atoms with Gasteiger partial charge in [-0.2, -0.15) is 0 Å². The van der Waals surface area contributed by atoms with E-state index in [0.717, 1.165) is 13.7 Å². The van der Waals surface area contributed by atoms with Crippen LogP contribution in [-0.2, 0) is 4.79 Å². The molecule has 0 aliphatic rings. The SMILES string of the molecule is CC(CC(=O)O)Nc1ccc(I)c(Br)c1. The first-order valence-corrected chi connectivity index (χ1v) is 6.29. The van der Waals surface area contributed by atoms with E-state index < -0.39 is 5.97 Å². The maximum atomic E-state index is 10.5. The summed E-state index contributed by atoms with van der Waals surface area (Å²) in [5.74, 6) is -0.792. The van der Waals surface area contributed by atoms with Gasteiger partial charge in [-0.05, 0) is 63.6 Å². The fraction of sp³-hybridized carbons (Fsp3) is 0.300. The van der Waals surface area contributed by atoms with Crippen LogP contribution in [0.25, 0.3) is 0 Å². The molecule has 0 saturated carbocycles. The first kappa shape index (κ1) is 12.8. The lowest BCUT2D eigenvalue weighted by atomic mass is 10.2. The highest BCUT2D eigenvalue weighted by Crippen LogP contribution is 2.23. The van der Waals surface area contributed by atoms with Crippen LogP contribution in [0.15, 0.2) is 22.7 Å². The predicted octanol–water partition coefficient (Wildman–Crippen LogP) is 3.33. The predicted molar refractivity (Wildman–Crippen MR) is 72.2 cm³/mol. The summed E-state index contributed by atoms with van der Waals surface area (Å²) in [6.07, 6.45) is 0.115. The molecule has 1 aromatic carbocycles. The molecule has 0 aliphatic carbocycles. The van der Waals surface area contributed by atoms with Gasteiger partial charge in [0.05, 0.1) is 6.42 Å². The molecule has 0 fully saturated rings. The molecule has 82 valence electrons. The highest BCUT2D eigenvalue weighted by Gasteiger charge is 2.07. The minimum atomic E-state index is -0.792. The molecule has 0 aliphatic heterocycles. The van der Waals surface area contributed by atoms with Crippen molar-refractivity contribution in [3.05, 3.63) is 26.2 Å². The Bertz CT molecular complexity index is 370. The van der Waals surface area contributed by atoms with Gasteiger partial charge in [0.2, 0.25) is 0 Å². The summed E-state index contributed by atoms with van der Waals surface area (Å²) >= 11 is 5.65. The van der Waals surface area contributed by atoms with Gasteiger partial charge in [-0.25, -0.2) is 0 Å². The fourth-order valence-electron chi connectivity index (χ4n) is 1.18. The van der Waals surface area contributed by atoms with E-state index in [4.69, 9.17) is 5.11 Å². The summed E-state index contributed by atoms with van der Waals surface area (Å²) in [7, 11) is 0. The number of benzene rings is 1. The number of carbonyl (C=O) groups is 1. The van der Waals surface area contributed by atoms with Gasteiger partial charge < -0.3 is 10.4 Å². The first-order chi connectivity index (χ1) is 6.99. The topological polar surface area (TPSA) is 49.3 Å². The number of halogens is 2. The molecular weight excluding hydrogens is 373 g/mol. The van der Waals surface area contributed by atoms with E-state index in [-0.39, 0.29) is 12.5 Å². The molecular formula is C10H11BrINO2. The van der Waals surface area contributed by atoms with Gasteiger partial charge in [0.15, 0.2) is 0 Å². The van der Waals surface area contributed by atoms with E-state index in [1.807, 2.05) is 25.1 Å². The molecule has 3 nitrogen and oxygen atoms in total. The number of rotatable bonds is 4. The molecule has 2 N–H and O–H groups in total. The Balaban J connectivity index is 2.64. The number of hydrogen-bond acceptors (Lipinski definition) is 2. The Morgan fingerprint density at radius 1 is 1.67 bits per heavy atom. The van der Waals surface area contributed by atoms with E-state index in [0.29, 0.717) is 0 Å². The molecule has 1 rings (SSSR count). The molecule has 1 atom stereocenters. The van der Waals surface area contributed by atoms with Gasteiger partial charge in [0.1, 0.15) is 0 Å². The van der Waals surface area contributed by atoms with Gasteiger partial charge in [-0.15, -0.1) is 0 Å². The second-order valence-corrected chi connectivity index (χ2v) is 5.29. The van der Waals surface area contributed by atoms with E-state index in [2.05, 4.69) is 43.8 Å². The van der Waals surface area contributed by atoms with Crippen LogP contribution in [0.3, 0.4) is 0 Å². The average molecular weight is 384 g/mol. The quantitative estimate of drug-likeness (QED) is 0.784. The normalized spacial score (nSPS) is 12.2. The van der Waals surface area contributed by atoms with Gasteiger partial charge in [0.25, 0.3) is 0 Å². The van der Waals surface area contributed by atoms with Crippen LogP contribution in [0.5, 0.6) is 0 Å². The van der Waals surface area contributed by atoms with Crippen molar-refractivity contribution in [1.82, 2.24) is 0 Å². The number of hydrogen-bond donors (Lipinski definition) is 2. The summed E-state index contributed by atoms with van der Waals surface area (Å²) in [5.41, 5.74) is 0.927. The van der Waals surface area contributed by atoms with E-state index in [1.54, 1.807) is 0 Å². The molecule has 0 amide bonds. The van der Waals surface area contributed by atoms with Crippen molar-refractivity contribution >= 4 is 50.2 Å². The number of carboxylic acid groups (broad SMARTS) is 1. The molecule has 0 saturated heterocycles. The van der Waals surface area contributed by atoms with Crippen LogP contribution in [0.1, 0.15) is 13.3 Å². The van der Waals surface area contributed by atoms with E-state index in [1.165, 1.54) is 0 Å². The van der Waals surface area contributed by atoms with Crippen molar-refractivity contribution in [3.63, 3.8) is 0 Å². The zero-order valence-electron chi connectivity index (χ0n) is 8.13. The smallest absolute Gasteiger partial charge is 0.305 e. The lowest BCUT2D eigenvalue weighted by Crippen LogP contribution is -2.19. The molecule has 0 spiro atoms. The van der Waals surface area contributed by atoms with Gasteiger partial charge in [0, 0.05) is 19.8 Å². The summed E-state index contributed by atoms with van der Waals surface area (Å²) in [6, 6.07) is 5.78.